The van der Waals surface area contributed by atoms with E-state index >= 15 is 0 Å². The normalized spacial score (nSPS) is 10.7. The standard InChI is InChI=1S/C9H6Br2S2/c1-5-2-3-7(12-5)6-4-8(10)13-9(6)11/h2-4H,1H3. The van der Waals surface area contributed by atoms with Gasteiger partial charge in [0.1, 0.15) is 0 Å². The van der Waals surface area contributed by atoms with Crippen LogP contribution in [-0.4, -0.2) is 0 Å². The van der Waals surface area contributed by atoms with E-state index in [4.69, 9.17) is 0 Å². The molecule has 0 saturated carbocycles. The molecule has 2 heterocycles. The van der Waals surface area contributed by atoms with E-state index in [1.165, 1.54) is 22.9 Å². The van der Waals surface area contributed by atoms with Gasteiger partial charge in [-0.3, -0.25) is 0 Å². The number of hydrogen-bond donors (Lipinski definition) is 0. The van der Waals surface area contributed by atoms with Gasteiger partial charge in [0.25, 0.3) is 0 Å². The Morgan fingerprint density at radius 1 is 1.15 bits per heavy atom. The van der Waals surface area contributed by atoms with Crippen molar-refractivity contribution in [2.45, 2.75) is 6.92 Å². The van der Waals surface area contributed by atoms with Crippen LogP contribution in [0.4, 0.5) is 0 Å². The molecule has 0 fully saturated rings. The zero-order valence-corrected chi connectivity index (χ0v) is 11.6. The van der Waals surface area contributed by atoms with Gasteiger partial charge in [0.15, 0.2) is 0 Å². The molecule has 0 atom stereocenters. The van der Waals surface area contributed by atoms with Crippen molar-refractivity contribution < 1.29 is 0 Å². The molecule has 0 bridgehead atoms. The summed E-state index contributed by atoms with van der Waals surface area (Å²) in [6, 6.07) is 6.47. The molecule has 0 aromatic carbocycles. The van der Waals surface area contributed by atoms with Crippen molar-refractivity contribution in [3.63, 3.8) is 0 Å². The Morgan fingerprint density at radius 3 is 2.38 bits per heavy atom. The van der Waals surface area contributed by atoms with Crippen LogP contribution in [0.25, 0.3) is 10.4 Å². The second-order valence-corrected chi connectivity index (χ2v) is 7.69. The van der Waals surface area contributed by atoms with Crippen LogP contribution >= 0.6 is 54.5 Å². The van der Waals surface area contributed by atoms with Crippen LogP contribution in [0, 0.1) is 6.92 Å². The predicted molar refractivity (Wildman–Crippen MR) is 67.8 cm³/mol. The molecule has 0 unspecified atom stereocenters. The molecule has 0 spiro atoms. The molecule has 2 aromatic rings. The molecule has 2 rings (SSSR count). The van der Waals surface area contributed by atoms with Crippen LogP contribution < -0.4 is 0 Å². The van der Waals surface area contributed by atoms with Gasteiger partial charge in [-0.15, -0.1) is 22.7 Å². The lowest BCUT2D eigenvalue weighted by atomic mass is 10.3. The number of halogens is 2. The molecule has 68 valence electrons. The second kappa shape index (κ2) is 3.85. The maximum atomic E-state index is 3.56. The van der Waals surface area contributed by atoms with E-state index in [1.807, 2.05) is 11.3 Å². The average Bonchev–Trinajstić information content (AvgIpc) is 2.58. The van der Waals surface area contributed by atoms with Gasteiger partial charge in [-0.2, -0.15) is 0 Å². The van der Waals surface area contributed by atoms with Gasteiger partial charge in [-0.05, 0) is 57.0 Å². The van der Waals surface area contributed by atoms with Gasteiger partial charge in [0, 0.05) is 15.3 Å². The molecular formula is C9H6Br2S2. The summed E-state index contributed by atoms with van der Waals surface area (Å²) in [5.74, 6) is 0. The Bertz CT molecular complexity index is 429. The highest BCUT2D eigenvalue weighted by molar-refractivity contribution is 9.12. The highest BCUT2D eigenvalue weighted by atomic mass is 79.9. The SMILES string of the molecule is Cc1ccc(-c2cc(Br)sc2Br)s1. The third-order valence-electron chi connectivity index (χ3n) is 1.66. The summed E-state index contributed by atoms with van der Waals surface area (Å²) in [6.07, 6.45) is 0. The van der Waals surface area contributed by atoms with Crippen molar-refractivity contribution in [1.29, 1.82) is 0 Å². The lowest BCUT2D eigenvalue weighted by Gasteiger charge is -1.91. The minimum atomic E-state index is 1.17. The van der Waals surface area contributed by atoms with Crippen LogP contribution in [0.15, 0.2) is 25.8 Å². The third kappa shape index (κ3) is 2.06. The highest BCUT2D eigenvalue weighted by Crippen LogP contribution is 2.40. The Kier molecular flexibility index (Phi) is 2.93. The number of rotatable bonds is 1. The second-order valence-electron chi connectivity index (χ2n) is 2.65. The summed E-state index contributed by atoms with van der Waals surface area (Å²) in [5, 5.41) is 0. The molecule has 0 nitrogen and oxygen atoms in total. The summed E-state index contributed by atoms with van der Waals surface area (Å²) in [5.41, 5.74) is 1.29. The molecule has 0 saturated heterocycles. The average molecular weight is 338 g/mol. The topological polar surface area (TPSA) is 0 Å². The molecule has 0 aliphatic heterocycles. The van der Waals surface area contributed by atoms with E-state index in [2.05, 4.69) is 57.0 Å². The molecule has 0 aliphatic rings. The fourth-order valence-electron chi connectivity index (χ4n) is 1.09. The molecule has 4 heteroatoms. The summed E-state index contributed by atoms with van der Waals surface area (Å²) >= 11 is 10.6. The van der Waals surface area contributed by atoms with E-state index in [0.29, 0.717) is 0 Å². The predicted octanol–water partition coefficient (Wildman–Crippen LogP) is 5.31. The smallest absolute Gasteiger partial charge is 0.0796 e. The number of thiophene rings is 2. The molecule has 0 N–H and O–H groups in total. The van der Waals surface area contributed by atoms with Crippen molar-refractivity contribution >= 4 is 54.5 Å². The van der Waals surface area contributed by atoms with Gasteiger partial charge >= 0.3 is 0 Å². The molecule has 0 radical (unpaired) electrons. The van der Waals surface area contributed by atoms with Crippen LogP contribution in [0.1, 0.15) is 4.88 Å². The fraction of sp³-hybridized carbons (Fsp3) is 0.111. The first-order chi connectivity index (χ1) is 6.16. The summed E-state index contributed by atoms with van der Waals surface area (Å²) in [6.45, 7) is 2.13. The lowest BCUT2D eigenvalue weighted by Crippen LogP contribution is -1.63. The van der Waals surface area contributed by atoms with Crippen molar-refractivity contribution in [3.8, 4) is 10.4 Å². The maximum absolute atomic E-state index is 3.56. The quantitative estimate of drug-likeness (QED) is 0.661. The fourth-order valence-corrected chi connectivity index (χ4v) is 5.02. The Balaban J connectivity index is 2.51. The largest absolute Gasteiger partial charge is 0.141 e. The summed E-state index contributed by atoms with van der Waals surface area (Å²) in [4.78, 5) is 2.68. The molecule has 13 heavy (non-hydrogen) atoms. The van der Waals surface area contributed by atoms with Crippen LogP contribution in [0.2, 0.25) is 0 Å². The van der Waals surface area contributed by atoms with Crippen molar-refractivity contribution in [2.24, 2.45) is 0 Å². The molecule has 0 amide bonds. The number of aryl methyl sites for hydroxylation is 1. The Hall–Kier alpha value is 0.360. The first-order valence-electron chi connectivity index (χ1n) is 3.68. The summed E-state index contributed by atoms with van der Waals surface area (Å²) < 4.78 is 2.36. The molecule has 2 aromatic heterocycles. The van der Waals surface area contributed by atoms with E-state index in [-0.39, 0.29) is 0 Å². The van der Waals surface area contributed by atoms with Gasteiger partial charge in [-0.25, -0.2) is 0 Å². The van der Waals surface area contributed by atoms with Gasteiger partial charge in [0.05, 0.1) is 7.57 Å². The maximum Gasteiger partial charge on any atom is 0.0796 e. The van der Waals surface area contributed by atoms with Crippen molar-refractivity contribution in [2.75, 3.05) is 0 Å². The van der Waals surface area contributed by atoms with Gasteiger partial charge in [-0.1, -0.05) is 0 Å². The molecular weight excluding hydrogens is 332 g/mol. The third-order valence-corrected chi connectivity index (χ3v) is 5.04. The van der Waals surface area contributed by atoms with Gasteiger partial charge < -0.3 is 0 Å². The van der Waals surface area contributed by atoms with E-state index in [9.17, 15) is 0 Å². The van der Waals surface area contributed by atoms with Crippen LogP contribution in [-0.2, 0) is 0 Å². The molecule has 0 aliphatic carbocycles. The van der Waals surface area contributed by atoms with Crippen LogP contribution in [0.3, 0.4) is 0 Å². The zero-order valence-electron chi connectivity index (χ0n) is 6.80. The van der Waals surface area contributed by atoms with Crippen molar-refractivity contribution in [1.82, 2.24) is 0 Å². The first-order valence-corrected chi connectivity index (χ1v) is 6.90. The summed E-state index contributed by atoms with van der Waals surface area (Å²) in [7, 11) is 0. The van der Waals surface area contributed by atoms with Crippen molar-refractivity contribution in [3.05, 3.63) is 30.6 Å². The van der Waals surface area contributed by atoms with E-state index < -0.39 is 0 Å². The van der Waals surface area contributed by atoms with E-state index in [1.54, 1.807) is 11.3 Å². The first kappa shape index (κ1) is 9.90. The lowest BCUT2D eigenvalue weighted by molar-refractivity contribution is 1.64. The minimum absolute atomic E-state index is 1.17. The van der Waals surface area contributed by atoms with Crippen LogP contribution in [0.5, 0.6) is 0 Å². The van der Waals surface area contributed by atoms with Gasteiger partial charge in [0.2, 0.25) is 0 Å². The Labute approximate surface area is 102 Å². The minimum Gasteiger partial charge on any atom is -0.141 e. The number of hydrogen-bond acceptors (Lipinski definition) is 2. The van der Waals surface area contributed by atoms with E-state index in [0.717, 1.165) is 0 Å². The zero-order chi connectivity index (χ0) is 9.42. The Morgan fingerprint density at radius 2 is 1.92 bits per heavy atom. The highest BCUT2D eigenvalue weighted by Gasteiger charge is 2.08. The monoisotopic (exact) mass is 336 g/mol.